The fourth-order valence-electron chi connectivity index (χ4n) is 2.96. The van der Waals surface area contributed by atoms with Gasteiger partial charge in [0, 0.05) is 31.9 Å². The van der Waals surface area contributed by atoms with Crippen LogP contribution in [0.25, 0.3) is 0 Å². The summed E-state index contributed by atoms with van der Waals surface area (Å²) >= 11 is 0. The summed E-state index contributed by atoms with van der Waals surface area (Å²) in [6.45, 7) is 2.60. The molecule has 0 radical (unpaired) electrons. The molecular weight excluding hydrogens is 402 g/mol. The number of primary amides is 1. The van der Waals surface area contributed by atoms with E-state index in [0.29, 0.717) is 19.6 Å². The van der Waals surface area contributed by atoms with Crippen molar-refractivity contribution >= 4 is 23.8 Å². The third kappa shape index (κ3) is 12.7. The predicted octanol–water partition coefficient (Wildman–Crippen LogP) is -1.00. The number of carbonyl (C=O) groups excluding carboxylic acids is 1. The van der Waals surface area contributed by atoms with Gasteiger partial charge < -0.3 is 33.2 Å². The summed E-state index contributed by atoms with van der Waals surface area (Å²) in [7, 11) is 0. The number of nitrogens with one attached hydrogen (secondary N) is 6. The minimum Gasteiger partial charge on any atom is -0.370 e. The minimum absolute atomic E-state index is 0.0268. The summed E-state index contributed by atoms with van der Waals surface area (Å²) in [5.41, 5.74) is 15.1. The Morgan fingerprint density at radius 2 is 1.61 bits per heavy atom. The van der Waals surface area contributed by atoms with Crippen LogP contribution in [-0.4, -0.2) is 53.2 Å². The molecule has 13 nitrogen and oxygen atoms in total. The van der Waals surface area contributed by atoms with Gasteiger partial charge in [0.25, 0.3) is 0 Å². The van der Waals surface area contributed by atoms with Crippen molar-refractivity contribution in [1.82, 2.24) is 25.5 Å². The van der Waals surface area contributed by atoms with Crippen LogP contribution >= 0.6 is 0 Å². The van der Waals surface area contributed by atoms with Crippen LogP contribution in [0.3, 0.4) is 0 Å². The average molecular weight is 438 g/mol. The number of unbranched alkanes of at least 4 members (excludes halogenated alkanes) is 2. The van der Waals surface area contributed by atoms with Gasteiger partial charge in [-0.05, 0) is 44.7 Å². The molecule has 0 unspecified atom stereocenters. The van der Waals surface area contributed by atoms with Gasteiger partial charge in [0.2, 0.25) is 0 Å². The Hall–Kier alpha value is -3.35. The summed E-state index contributed by atoms with van der Waals surface area (Å²) in [4.78, 5) is 26.8. The molecule has 1 atom stereocenters. The number of rotatable bonds is 15. The number of hydrogen-bond donors (Lipinski definition) is 9. The lowest BCUT2D eigenvalue weighted by atomic mass is 10.1. The van der Waals surface area contributed by atoms with Crippen LogP contribution in [0.5, 0.6) is 0 Å². The molecular formula is C18H35N11O2. The largest absolute Gasteiger partial charge is 0.370 e. The van der Waals surface area contributed by atoms with Crippen molar-refractivity contribution in [3.05, 3.63) is 22.7 Å². The standard InChI is InChI=1S/C18H35N11O2/c19-15(20)25-9-2-1-5-13(24-8-3-4-10-26-16(21)22)6-11-29-12-7-14(27-17(23)30)28-18(29)31/h7,12-13,24H,1-6,8-11H2,(H4,19,20,25)(H4,21,22,26)(H3,23,27,28,30,31)/t13-/m1/s1. The normalized spacial score (nSPS) is 11.5. The number of nitrogens with zero attached hydrogens (tertiary/aromatic N) is 2. The molecule has 174 valence electrons. The third-order valence-corrected chi connectivity index (χ3v) is 4.49. The first-order valence-corrected chi connectivity index (χ1v) is 10.3. The molecule has 2 amide bonds. The number of anilines is 1. The van der Waals surface area contributed by atoms with E-state index in [2.05, 4.69) is 26.3 Å². The number of nitrogens with two attached hydrogens (primary N) is 3. The quantitative estimate of drug-likeness (QED) is 0.0936. The highest BCUT2D eigenvalue weighted by Gasteiger charge is 2.10. The van der Waals surface area contributed by atoms with Gasteiger partial charge in [0.15, 0.2) is 11.9 Å². The van der Waals surface area contributed by atoms with E-state index in [1.54, 1.807) is 6.20 Å². The first-order valence-electron chi connectivity index (χ1n) is 10.3. The Balaban J connectivity index is 2.51. The van der Waals surface area contributed by atoms with Crippen LogP contribution < -0.4 is 44.2 Å². The van der Waals surface area contributed by atoms with Gasteiger partial charge in [-0.1, -0.05) is 6.42 Å². The smallest absolute Gasteiger partial charge is 0.349 e. The minimum atomic E-state index is -0.772. The second-order valence-electron chi connectivity index (χ2n) is 7.10. The van der Waals surface area contributed by atoms with Crippen LogP contribution in [0, 0.1) is 10.8 Å². The van der Waals surface area contributed by atoms with Crippen molar-refractivity contribution in [2.45, 2.75) is 51.1 Å². The van der Waals surface area contributed by atoms with Crippen molar-refractivity contribution in [3.8, 4) is 0 Å². The molecule has 0 bridgehead atoms. The molecule has 0 spiro atoms. The fourth-order valence-corrected chi connectivity index (χ4v) is 2.96. The molecule has 1 rings (SSSR count). The van der Waals surface area contributed by atoms with Gasteiger partial charge in [-0.2, -0.15) is 4.98 Å². The number of hydrogen-bond acceptors (Lipinski definition) is 6. The Morgan fingerprint density at radius 3 is 2.19 bits per heavy atom. The van der Waals surface area contributed by atoms with Crippen LogP contribution in [0.1, 0.15) is 38.5 Å². The van der Waals surface area contributed by atoms with Crippen LogP contribution in [0.4, 0.5) is 10.6 Å². The zero-order chi connectivity index (χ0) is 23.1. The van der Waals surface area contributed by atoms with Crippen molar-refractivity contribution in [2.75, 3.05) is 25.0 Å². The van der Waals surface area contributed by atoms with Gasteiger partial charge >= 0.3 is 11.7 Å². The molecule has 0 aromatic carbocycles. The summed E-state index contributed by atoms with van der Waals surface area (Å²) in [6, 6.07) is 0.962. The van der Waals surface area contributed by atoms with E-state index in [4.69, 9.17) is 28.0 Å². The maximum atomic E-state index is 12.1. The lowest BCUT2D eigenvalue weighted by Crippen LogP contribution is -2.35. The maximum Gasteiger partial charge on any atom is 0.349 e. The van der Waals surface area contributed by atoms with E-state index < -0.39 is 11.7 Å². The lowest BCUT2D eigenvalue weighted by molar-refractivity contribution is 0.259. The highest BCUT2D eigenvalue weighted by Crippen LogP contribution is 2.07. The Bertz CT molecular complexity index is 765. The predicted molar refractivity (Wildman–Crippen MR) is 121 cm³/mol. The van der Waals surface area contributed by atoms with Gasteiger partial charge in [0.05, 0.1) is 0 Å². The molecule has 1 aromatic heterocycles. The summed E-state index contributed by atoms with van der Waals surface area (Å²) in [6.07, 6.45) is 6.87. The molecule has 13 heteroatoms. The second kappa shape index (κ2) is 14.6. The molecule has 0 saturated carbocycles. The molecule has 0 aliphatic heterocycles. The van der Waals surface area contributed by atoms with Crippen molar-refractivity contribution < 1.29 is 4.79 Å². The van der Waals surface area contributed by atoms with Crippen LogP contribution in [0.15, 0.2) is 17.1 Å². The third-order valence-electron chi connectivity index (χ3n) is 4.49. The summed E-state index contributed by atoms with van der Waals surface area (Å²) in [5, 5.41) is 25.7. The highest BCUT2D eigenvalue weighted by atomic mass is 16.2. The average Bonchev–Trinajstić information content (AvgIpc) is 2.67. The van der Waals surface area contributed by atoms with E-state index in [0.717, 1.165) is 45.1 Å². The number of guanidine groups is 2. The first-order chi connectivity index (χ1) is 14.8. The monoisotopic (exact) mass is 437 g/mol. The topological polar surface area (TPSA) is 226 Å². The van der Waals surface area contributed by atoms with Gasteiger partial charge in [-0.25, -0.2) is 9.59 Å². The van der Waals surface area contributed by atoms with Crippen LogP contribution in [0.2, 0.25) is 0 Å². The van der Waals surface area contributed by atoms with E-state index in [1.165, 1.54) is 10.6 Å². The lowest BCUT2D eigenvalue weighted by Gasteiger charge is -2.19. The summed E-state index contributed by atoms with van der Waals surface area (Å²) < 4.78 is 1.49. The number of aromatic nitrogens is 2. The number of aryl methyl sites for hydroxylation is 1. The molecule has 0 fully saturated rings. The Morgan fingerprint density at radius 1 is 1.00 bits per heavy atom. The fraction of sp³-hybridized carbons (Fsp3) is 0.611. The Kier molecular flexibility index (Phi) is 12.1. The zero-order valence-electron chi connectivity index (χ0n) is 17.7. The molecule has 0 saturated heterocycles. The number of carbonyl (C=O) groups is 1. The van der Waals surface area contributed by atoms with Gasteiger partial charge in [-0.15, -0.1) is 0 Å². The molecule has 31 heavy (non-hydrogen) atoms. The van der Waals surface area contributed by atoms with Crippen molar-refractivity contribution in [3.63, 3.8) is 0 Å². The Labute approximate surface area is 181 Å². The van der Waals surface area contributed by atoms with E-state index in [1.807, 2.05) is 0 Å². The second-order valence-corrected chi connectivity index (χ2v) is 7.10. The SMILES string of the molecule is N=C(N)NCCCCN[C@H](CCCCNC(=N)N)CCn1ccc(NC(N)=O)nc1=O. The van der Waals surface area contributed by atoms with E-state index >= 15 is 0 Å². The van der Waals surface area contributed by atoms with Crippen molar-refractivity contribution in [1.29, 1.82) is 10.8 Å². The highest BCUT2D eigenvalue weighted by molar-refractivity contribution is 5.86. The number of amides is 2. The van der Waals surface area contributed by atoms with E-state index in [-0.39, 0.29) is 23.8 Å². The molecule has 1 heterocycles. The van der Waals surface area contributed by atoms with Gasteiger partial charge in [0.1, 0.15) is 5.82 Å². The zero-order valence-corrected chi connectivity index (χ0v) is 17.7. The van der Waals surface area contributed by atoms with Gasteiger partial charge in [-0.3, -0.25) is 20.7 Å². The maximum absolute atomic E-state index is 12.1. The molecule has 0 aliphatic rings. The first kappa shape index (κ1) is 25.7. The van der Waals surface area contributed by atoms with E-state index in [9.17, 15) is 9.59 Å². The molecule has 12 N–H and O–H groups in total. The number of urea groups is 1. The van der Waals surface area contributed by atoms with Crippen LogP contribution in [-0.2, 0) is 6.54 Å². The van der Waals surface area contributed by atoms with Crippen molar-refractivity contribution in [2.24, 2.45) is 17.2 Å². The molecule has 0 aliphatic carbocycles. The molecule has 1 aromatic rings. The summed E-state index contributed by atoms with van der Waals surface area (Å²) in [5.74, 6) is 0.0664.